The fourth-order valence-electron chi connectivity index (χ4n) is 2.94. The Hall–Kier alpha value is -0.170. The first kappa shape index (κ1) is 13.3. The van der Waals surface area contributed by atoms with Crippen LogP contribution in [0.15, 0.2) is 0 Å². The summed E-state index contributed by atoms with van der Waals surface area (Å²) in [5, 5.41) is 9.86. The third-order valence-electron chi connectivity index (χ3n) is 3.99. The van der Waals surface area contributed by atoms with E-state index in [1.54, 1.807) is 0 Å². The van der Waals surface area contributed by atoms with E-state index < -0.39 is 15.9 Å². The number of hydrogen-bond acceptors (Lipinski definition) is 5. The van der Waals surface area contributed by atoms with Gasteiger partial charge in [0, 0.05) is 12.6 Å². The van der Waals surface area contributed by atoms with Gasteiger partial charge in [0.15, 0.2) is 9.84 Å². The minimum Gasteiger partial charge on any atom is -0.390 e. The van der Waals surface area contributed by atoms with Gasteiger partial charge in [-0.05, 0) is 33.5 Å². The molecule has 2 heterocycles. The highest BCUT2D eigenvalue weighted by Crippen LogP contribution is 2.22. The predicted octanol–water partition coefficient (Wildman–Crippen LogP) is -0.830. The molecule has 5 nitrogen and oxygen atoms in total. The summed E-state index contributed by atoms with van der Waals surface area (Å²) < 4.78 is 23.0. The van der Waals surface area contributed by atoms with Gasteiger partial charge in [-0.2, -0.15) is 0 Å². The second-order valence-corrected chi connectivity index (χ2v) is 7.59. The summed E-state index contributed by atoms with van der Waals surface area (Å²) in [6.45, 7) is 2.07. The van der Waals surface area contributed by atoms with E-state index in [0.29, 0.717) is 6.04 Å². The molecule has 100 valence electrons. The first-order valence-electron chi connectivity index (χ1n) is 6.18. The van der Waals surface area contributed by atoms with E-state index >= 15 is 0 Å². The summed E-state index contributed by atoms with van der Waals surface area (Å²) in [5.41, 5.74) is 0. The number of aliphatic hydroxyl groups excluding tert-OH is 1. The summed E-state index contributed by atoms with van der Waals surface area (Å²) in [7, 11) is 0.981. The van der Waals surface area contributed by atoms with Crippen molar-refractivity contribution >= 4 is 9.84 Å². The molecule has 3 atom stereocenters. The zero-order valence-electron chi connectivity index (χ0n) is 10.5. The highest BCUT2D eigenvalue weighted by molar-refractivity contribution is 7.91. The van der Waals surface area contributed by atoms with Crippen LogP contribution >= 0.6 is 0 Å². The predicted molar refractivity (Wildman–Crippen MR) is 66.7 cm³/mol. The lowest BCUT2D eigenvalue weighted by Crippen LogP contribution is -2.52. The second kappa shape index (κ2) is 4.84. The van der Waals surface area contributed by atoms with E-state index in [1.807, 2.05) is 7.05 Å². The van der Waals surface area contributed by atoms with Crippen LogP contribution < -0.4 is 0 Å². The largest absolute Gasteiger partial charge is 0.390 e. The van der Waals surface area contributed by atoms with Crippen LogP contribution in [0.3, 0.4) is 0 Å². The minimum atomic E-state index is -3.05. The molecule has 2 saturated heterocycles. The van der Waals surface area contributed by atoms with Gasteiger partial charge in [-0.15, -0.1) is 0 Å². The fourth-order valence-corrected chi connectivity index (χ4v) is 4.80. The number of sulfone groups is 1. The first-order chi connectivity index (χ1) is 7.89. The van der Waals surface area contributed by atoms with Crippen LogP contribution in [-0.2, 0) is 9.84 Å². The zero-order chi connectivity index (χ0) is 12.6. The maximum atomic E-state index is 11.5. The van der Waals surface area contributed by atoms with Gasteiger partial charge in [0.05, 0.1) is 23.7 Å². The Labute approximate surface area is 103 Å². The van der Waals surface area contributed by atoms with Crippen LogP contribution in [0.5, 0.6) is 0 Å². The van der Waals surface area contributed by atoms with Gasteiger partial charge in [-0.1, -0.05) is 0 Å². The van der Waals surface area contributed by atoms with Gasteiger partial charge in [0.2, 0.25) is 0 Å². The molecule has 2 aliphatic rings. The van der Waals surface area contributed by atoms with Crippen molar-refractivity contribution < 1.29 is 13.5 Å². The first-order valence-corrected chi connectivity index (χ1v) is 8.00. The van der Waals surface area contributed by atoms with Crippen molar-refractivity contribution in [2.24, 2.45) is 0 Å². The van der Waals surface area contributed by atoms with Crippen molar-refractivity contribution in [2.45, 2.75) is 31.0 Å². The maximum Gasteiger partial charge on any atom is 0.154 e. The average molecular weight is 262 g/mol. The molecule has 0 aromatic heterocycles. The SMILES string of the molecule is CN1CCCC(N(C)C2CS(=O)(=O)CC2O)C1. The number of nitrogens with zero attached hydrogens (tertiary/aromatic N) is 2. The summed E-state index contributed by atoms with van der Waals surface area (Å²) >= 11 is 0. The van der Waals surface area contributed by atoms with E-state index in [2.05, 4.69) is 16.8 Å². The van der Waals surface area contributed by atoms with E-state index in [1.165, 1.54) is 0 Å². The molecule has 2 aliphatic heterocycles. The highest BCUT2D eigenvalue weighted by Gasteiger charge is 2.41. The number of rotatable bonds is 2. The van der Waals surface area contributed by atoms with E-state index in [9.17, 15) is 13.5 Å². The van der Waals surface area contributed by atoms with Gasteiger partial charge >= 0.3 is 0 Å². The normalized spacial score (nSPS) is 38.7. The van der Waals surface area contributed by atoms with E-state index in [-0.39, 0.29) is 17.5 Å². The second-order valence-electron chi connectivity index (χ2n) is 5.44. The lowest BCUT2D eigenvalue weighted by Gasteiger charge is -2.39. The monoisotopic (exact) mass is 262 g/mol. The van der Waals surface area contributed by atoms with Gasteiger partial charge < -0.3 is 10.0 Å². The van der Waals surface area contributed by atoms with Crippen LogP contribution in [-0.4, -0.2) is 80.2 Å². The summed E-state index contributed by atoms with van der Waals surface area (Å²) in [5.74, 6) is 0.0233. The molecule has 6 heteroatoms. The molecule has 0 spiro atoms. The molecular formula is C11H22N2O3S. The van der Waals surface area contributed by atoms with Crippen molar-refractivity contribution in [1.82, 2.24) is 9.80 Å². The van der Waals surface area contributed by atoms with Crippen molar-refractivity contribution in [2.75, 3.05) is 38.7 Å². The molecule has 2 rings (SSSR count). The van der Waals surface area contributed by atoms with Gasteiger partial charge in [0.25, 0.3) is 0 Å². The molecule has 0 saturated carbocycles. The quantitative estimate of drug-likeness (QED) is 0.704. The molecular weight excluding hydrogens is 240 g/mol. The lowest BCUT2D eigenvalue weighted by molar-refractivity contribution is 0.0461. The molecule has 2 fully saturated rings. The Kier molecular flexibility index (Phi) is 3.77. The molecule has 0 amide bonds. The smallest absolute Gasteiger partial charge is 0.154 e. The third kappa shape index (κ3) is 2.99. The van der Waals surface area contributed by atoms with E-state index in [4.69, 9.17) is 0 Å². The van der Waals surface area contributed by atoms with Crippen LogP contribution in [0.25, 0.3) is 0 Å². The van der Waals surface area contributed by atoms with Crippen LogP contribution in [0.1, 0.15) is 12.8 Å². The van der Waals surface area contributed by atoms with Crippen molar-refractivity contribution in [3.63, 3.8) is 0 Å². The maximum absolute atomic E-state index is 11.5. The number of piperidine rings is 1. The Bertz CT molecular complexity index is 371. The van der Waals surface area contributed by atoms with Crippen molar-refractivity contribution in [3.05, 3.63) is 0 Å². The third-order valence-corrected chi connectivity index (χ3v) is 5.69. The standard InChI is InChI=1S/C11H22N2O3S/c1-12-5-3-4-9(6-12)13(2)10-7-17(15,16)8-11(10)14/h9-11,14H,3-8H2,1-2H3. The number of likely N-dealkylation sites (tertiary alicyclic amines) is 1. The summed E-state index contributed by atoms with van der Waals surface area (Å²) in [4.78, 5) is 4.34. The van der Waals surface area contributed by atoms with E-state index in [0.717, 1.165) is 25.9 Å². The highest BCUT2D eigenvalue weighted by atomic mass is 32.2. The van der Waals surface area contributed by atoms with Gasteiger partial charge in [-0.25, -0.2) is 8.42 Å². The summed E-state index contributed by atoms with van der Waals surface area (Å²) in [6.07, 6.45) is 1.50. The molecule has 0 aliphatic carbocycles. The van der Waals surface area contributed by atoms with Gasteiger partial charge in [-0.3, -0.25) is 4.90 Å². The molecule has 0 radical (unpaired) electrons. The Balaban J connectivity index is 2.02. The number of aliphatic hydroxyl groups is 1. The Morgan fingerprint density at radius 1 is 1.35 bits per heavy atom. The van der Waals surface area contributed by atoms with Crippen LogP contribution in [0.2, 0.25) is 0 Å². The number of hydrogen-bond donors (Lipinski definition) is 1. The molecule has 0 bridgehead atoms. The minimum absolute atomic E-state index is 0.0788. The fraction of sp³-hybridized carbons (Fsp3) is 1.00. The van der Waals surface area contributed by atoms with Crippen LogP contribution in [0.4, 0.5) is 0 Å². The average Bonchev–Trinajstić information content (AvgIpc) is 2.51. The molecule has 0 aromatic rings. The molecule has 1 N–H and O–H groups in total. The molecule has 3 unspecified atom stereocenters. The molecule has 17 heavy (non-hydrogen) atoms. The molecule has 0 aromatic carbocycles. The van der Waals surface area contributed by atoms with Gasteiger partial charge in [0.1, 0.15) is 0 Å². The topological polar surface area (TPSA) is 60.9 Å². The van der Waals surface area contributed by atoms with Crippen LogP contribution in [0, 0.1) is 0 Å². The number of likely N-dealkylation sites (N-methyl/N-ethyl adjacent to an activating group) is 2. The Morgan fingerprint density at radius 3 is 2.59 bits per heavy atom. The van der Waals surface area contributed by atoms with Crippen molar-refractivity contribution in [1.29, 1.82) is 0 Å². The Morgan fingerprint density at radius 2 is 2.06 bits per heavy atom. The van der Waals surface area contributed by atoms with Crippen molar-refractivity contribution in [3.8, 4) is 0 Å². The lowest BCUT2D eigenvalue weighted by atomic mass is 10.0. The zero-order valence-corrected chi connectivity index (χ0v) is 11.4. The summed E-state index contributed by atoms with van der Waals surface area (Å²) in [6, 6.07) is 0.137.